The lowest BCUT2D eigenvalue weighted by atomic mass is 10.1. The van der Waals surface area contributed by atoms with Crippen LogP contribution in [0.4, 0.5) is 14.6 Å². The molecule has 0 aromatic carbocycles. The molecule has 4 atom stereocenters. The quantitative estimate of drug-likeness (QED) is 0.692. The minimum Gasteiger partial charge on any atom is -0.394 e. The predicted octanol–water partition coefficient (Wildman–Crippen LogP) is -0.541. The van der Waals surface area contributed by atoms with Crippen molar-refractivity contribution in [2.24, 2.45) is 0 Å². The van der Waals surface area contributed by atoms with Crippen LogP contribution in [-0.4, -0.2) is 59.0 Å². The Bertz CT molecular complexity index is 485. The normalized spacial score (nSPS) is 28.7. The minimum atomic E-state index is -1.79. The van der Waals surface area contributed by atoms with E-state index in [2.05, 4.69) is 10.3 Å². The molecule has 114 valence electrons. The van der Waals surface area contributed by atoms with Crippen molar-refractivity contribution in [1.29, 1.82) is 0 Å². The summed E-state index contributed by atoms with van der Waals surface area (Å²) in [6.07, 6.45) is -4.24. The Morgan fingerprint density at radius 1 is 1.55 bits per heavy atom. The Morgan fingerprint density at radius 2 is 2.20 bits per heavy atom. The number of hydrogen-bond donors (Lipinski definition) is 3. The standard InChI is InChI=1S/C10H14FN3O4.CH3F/c1-12-6-2-3-14(10(17)13-6)9-7(11)8(16)5(4-15)18-9;1-2/h2-3,5,7-9,15-16H,4H2,1H3,(H,12,13,17);1H3. The van der Waals surface area contributed by atoms with Crippen molar-refractivity contribution in [3.05, 3.63) is 22.7 Å². The lowest BCUT2D eigenvalue weighted by Crippen LogP contribution is -2.33. The van der Waals surface area contributed by atoms with Crippen molar-refractivity contribution in [3.8, 4) is 0 Å². The summed E-state index contributed by atoms with van der Waals surface area (Å²) in [5.41, 5.74) is -0.694. The van der Waals surface area contributed by atoms with Crippen molar-refractivity contribution < 1.29 is 23.7 Å². The molecule has 1 fully saturated rings. The van der Waals surface area contributed by atoms with Crippen molar-refractivity contribution >= 4 is 5.82 Å². The van der Waals surface area contributed by atoms with E-state index in [-0.39, 0.29) is 0 Å². The highest BCUT2D eigenvalue weighted by Gasteiger charge is 2.45. The van der Waals surface area contributed by atoms with Gasteiger partial charge in [0, 0.05) is 13.2 Å². The molecule has 2 heterocycles. The van der Waals surface area contributed by atoms with Crippen LogP contribution in [0.25, 0.3) is 0 Å². The van der Waals surface area contributed by atoms with Gasteiger partial charge in [0.25, 0.3) is 0 Å². The maximum atomic E-state index is 13.8. The summed E-state index contributed by atoms with van der Waals surface area (Å²) in [4.78, 5) is 15.3. The first-order chi connectivity index (χ1) is 9.58. The SMILES string of the molecule is CF.CNc1ccn(C2OC(CO)C(O)C2F)c(=O)n1. The summed E-state index contributed by atoms with van der Waals surface area (Å²) >= 11 is 0. The largest absolute Gasteiger partial charge is 0.394 e. The molecule has 0 saturated carbocycles. The fraction of sp³-hybridized carbons (Fsp3) is 0.636. The van der Waals surface area contributed by atoms with Gasteiger partial charge in [0.2, 0.25) is 0 Å². The van der Waals surface area contributed by atoms with E-state index in [1.54, 1.807) is 7.05 Å². The number of ether oxygens (including phenoxy) is 1. The number of aliphatic hydroxyl groups excluding tert-OH is 2. The number of alkyl halides is 2. The fourth-order valence-corrected chi connectivity index (χ4v) is 1.82. The van der Waals surface area contributed by atoms with E-state index in [9.17, 15) is 18.7 Å². The average molecular weight is 293 g/mol. The summed E-state index contributed by atoms with van der Waals surface area (Å²) in [5, 5.41) is 21.1. The smallest absolute Gasteiger partial charge is 0.351 e. The number of halogens is 2. The highest BCUT2D eigenvalue weighted by molar-refractivity contribution is 5.30. The minimum absolute atomic E-state index is 0.351. The molecular formula is C11H17F2N3O4. The third-order valence-electron chi connectivity index (χ3n) is 2.83. The average Bonchev–Trinajstić information content (AvgIpc) is 2.77. The number of nitrogens with one attached hydrogen (secondary N) is 1. The van der Waals surface area contributed by atoms with E-state index in [1.165, 1.54) is 12.3 Å². The molecule has 0 bridgehead atoms. The van der Waals surface area contributed by atoms with Gasteiger partial charge in [-0.3, -0.25) is 8.96 Å². The number of hydrogen-bond acceptors (Lipinski definition) is 6. The molecule has 1 aromatic rings. The lowest BCUT2D eigenvalue weighted by Gasteiger charge is -2.15. The topological polar surface area (TPSA) is 96.6 Å². The van der Waals surface area contributed by atoms with Crippen LogP contribution in [0.15, 0.2) is 17.1 Å². The second-order valence-corrected chi connectivity index (χ2v) is 3.94. The van der Waals surface area contributed by atoms with Crippen molar-refractivity contribution in [3.63, 3.8) is 0 Å². The molecule has 0 amide bonds. The third-order valence-corrected chi connectivity index (χ3v) is 2.83. The monoisotopic (exact) mass is 293 g/mol. The zero-order valence-electron chi connectivity index (χ0n) is 11.0. The summed E-state index contributed by atoms with van der Waals surface area (Å²) < 4.78 is 29.3. The van der Waals surface area contributed by atoms with Crippen LogP contribution in [0.5, 0.6) is 0 Å². The molecule has 4 unspecified atom stereocenters. The van der Waals surface area contributed by atoms with Crippen LogP contribution in [0, 0.1) is 0 Å². The van der Waals surface area contributed by atoms with E-state index in [1.807, 2.05) is 0 Å². The summed E-state index contributed by atoms with van der Waals surface area (Å²) in [6, 6.07) is 1.48. The van der Waals surface area contributed by atoms with Crippen molar-refractivity contribution in [2.45, 2.75) is 24.6 Å². The van der Waals surface area contributed by atoms with Gasteiger partial charge in [0.15, 0.2) is 12.4 Å². The Hall–Kier alpha value is -1.58. The fourth-order valence-electron chi connectivity index (χ4n) is 1.82. The maximum absolute atomic E-state index is 13.8. The lowest BCUT2D eigenvalue weighted by molar-refractivity contribution is -0.0490. The summed E-state index contributed by atoms with van der Waals surface area (Å²) in [5.74, 6) is 0.351. The first-order valence-electron chi connectivity index (χ1n) is 5.81. The maximum Gasteiger partial charge on any atom is 0.351 e. The van der Waals surface area contributed by atoms with Gasteiger partial charge in [-0.2, -0.15) is 4.98 Å². The van der Waals surface area contributed by atoms with E-state index in [0.29, 0.717) is 13.0 Å². The van der Waals surface area contributed by atoms with Gasteiger partial charge in [-0.1, -0.05) is 0 Å². The Labute approximate surface area is 113 Å². The molecular weight excluding hydrogens is 276 g/mol. The van der Waals surface area contributed by atoms with Crippen LogP contribution in [0.1, 0.15) is 6.23 Å². The number of aliphatic hydroxyl groups is 2. The van der Waals surface area contributed by atoms with Gasteiger partial charge in [-0.15, -0.1) is 0 Å². The molecule has 3 N–H and O–H groups in total. The van der Waals surface area contributed by atoms with Crippen molar-refractivity contribution in [2.75, 3.05) is 26.1 Å². The van der Waals surface area contributed by atoms with Crippen LogP contribution in [0.2, 0.25) is 0 Å². The molecule has 0 radical (unpaired) electrons. The molecule has 1 aromatic heterocycles. The zero-order valence-corrected chi connectivity index (χ0v) is 11.0. The molecule has 1 aliphatic rings. The molecule has 7 nitrogen and oxygen atoms in total. The van der Waals surface area contributed by atoms with Crippen molar-refractivity contribution in [1.82, 2.24) is 9.55 Å². The number of rotatable bonds is 3. The van der Waals surface area contributed by atoms with Crippen LogP contribution in [0.3, 0.4) is 0 Å². The summed E-state index contributed by atoms with van der Waals surface area (Å²) in [6.45, 7) is -0.519. The molecule has 20 heavy (non-hydrogen) atoms. The van der Waals surface area contributed by atoms with Crippen LogP contribution in [-0.2, 0) is 4.74 Å². The number of nitrogens with zero attached hydrogens (tertiary/aromatic N) is 2. The number of aromatic nitrogens is 2. The second kappa shape index (κ2) is 7.27. The van der Waals surface area contributed by atoms with Crippen LogP contribution < -0.4 is 11.0 Å². The molecule has 1 saturated heterocycles. The second-order valence-electron chi connectivity index (χ2n) is 3.94. The first kappa shape index (κ1) is 16.5. The Kier molecular flexibility index (Phi) is 5.99. The van der Waals surface area contributed by atoms with E-state index >= 15 is 0 Å². The summed E-state index contributed by atoms with van der Waals surface area (Å²) in [7, 11) is 2.10. The van der Waals surface area contributed by atoms with Gasteiger partial charge < -0.3 is 20.3 Å². The molecule has 0 aliphatic carbocycles. The highest BCUT2D eigenvalue weighted by atomic mass is 19.1. The van der Waals surface area contributed by atoms with Gasteiger partial charge in [-0.25, -0.2) is 9.18 Å². The van der Waals surface area contributed by atoms with Gasteiger partial charge in [-0.05, 0) is 6.07 Å². The first-order valence-corrected chi connectivity index (χ1v) is 5.81. The highest BCUT2D eigenvalue weighted by Crippen LogP contribution is 2.30. The van der Waals surface area contributed by atoms with E-state index in [4.69, 9.17) is 9.84 Å². The predicted molar refractivity (Wildman–Crippen MR) is 67.0 cm³/mol. The van der Waals surface area contributed by atoms with E-state index < -0.39 is 36.9 Å². The molecule has 9 heteroatoms. The molecule has 1 aliphatic heterocycles. The third kappa shape index (κ3) is 3.11. The van der Waals surface area contributed by atoms with Crippen LogP contribution >= 0.6 is 0 Å². The van der Waals surface area contributed by atoms with Gasteiger partial charge in [0.05, 0.1) is 13.8 Å². The Morgan fingerprint density at radius 3 is 2.65 bits per heavy atom. The van der Waals surface area contributed by atoms with Gasteiger partial charge >= 0.3 is 5.69 Å². The molecule has 0 spiro atoms. The Balaban J connectivity index is 0.000000956. The van der Waals surface area contributed by atoms with Gasteiger partial charge in [0.1, 0.15) is 18.0 Å². The van der Waals surface area contributed by atoms with E-state index in [0.717, 1.165) is 4.57 Å². The molecule has 2 rings (SSSR count). The number of anilines is 1. The zero-order chi connectivity index (χ0) is 15.3.